The maximum Gasteiger partial charge on any atom is 0.308 e. The minimum atomic E-state index is -1.03. The van der Waals surface area contributed by atoms with Crippen LogP contribution in [0.2, 0.25) is 0 Å². The largest absolute Gasteiger partial charge is 0.481 e. The van der Waals surface area contributed by atoms with Crippen molar-refractivity contribution in [2.75, 3.05) is 6.54 Å². The van der Waals surface area contributed by atoms with Crippen molar-refractivity contribution in [3.8, 4) is 0 Å². The highest BCUT2D eigenvalue weighted by Crippen LogP contribution is 2.18. The van der Waals surface area contributed by atoms with Gasteiger partial charge in [-0.3, -0.25) is 24.5 Å². The molecule has 24 heavy (non-hydrogen) atoms. The zero-order valence-electron chi connectivity index (χ0n) is 13.5. The first kappa shape index (κ1) is 19.1. The molecule has 0 heterocycles. The number of aryl methyl sites for hydroxylation is 1. The van der Waals surface area contributed by atoms with Gasteiger partial charge in [-0.2, -0.15) is 0 Å². The Morgan fingerprint density at radius 2 is 1.92 bits per heavy atom. The summed E-state index contributed by atoms with van der Waals surface area (Å²) in [5, 5.41) is 24.4. The van der Waals surface area contributed by atoms with Gasteiger partial charge in [0.25, 0.3) is 11.6 Å². The van der Waals surface area contributed by atoms with Gasteiger partial charge in [-0.05, 0) is 32.9 Å². The number of aliphatic carboxylic acids is 1. The fourth-order valence-corrected chi connectivity index (χ4v) is 1.91. The number of nitro benzene ring substituents is 1. The monoisotopic (exact) mass is 337 g/mol. The van der Waals surface area contributed by atoms with E-state index in [0.29, 0.717) is 5.56 Å². The molecule has 1 aromatic carbocycles. The fourth-order valence-electron chi connectivity index (χ4n) is 1.91. The molecule has 0 spiro atoms. The van der Waals surface area contributed by atoms with Gasteiger partial charge in [0.1, 0.15) is 0 Å². The predicted molar refractivity (Wildman–Crippen MR) is 84.6 cm³/mol. The Morgan fingerprint density at radius 1 is 1.29 bits per heavy atom. The number of rotatable bonds is 7. The Hall–Kier alpha value is -2.97. The summed E-state index contributed by atoms with van der Waals surface area (Å²) in [5.74, 6) is -2.88. The van der Waals surface area contributed by atoms with Crippen molar-refractivity contribution in [2.45, 2.75) is 26.8 Å². The van der Waals surface area contributed by atoms with Crippen LogP contribution in [0.4, 0.5) is 5.69 Å². The molecule has 9 heteroatoms. The van der Waals surface area contributed by atoms with Gasteiger partial charge in [0.15, 0.2) is 0 Å². The Labute approximate surface area is 138 Å². The summed E-state index contributed by atoms with van der Waals surface area (Å²) in [5.41, 5.74) is 0.430. The van der Waals surface area contributed by atoms with Crippen LogP contribution in [-0.2, 0) is 9.59 Å². The van der Waals surface area contributed by atoms with E-state index in [-0.39, 0.29) is 17.8 Å². The van der Waals surface area contributed by atoms with Gasteiger partial charge in [-0.1, -0.05) is 0 Å². The predicted octanol–water partition coefficient (Wildman–Crippen LogP) is 0.858. The lowest BCUT2D eigenvalue weighted by Crippen LogP contribution is -2.44. The molecule has 3 N–H and O–H groups in total. The quantitative estimate of drug-likeness (QED) is 0.498. The number of carbonyl (C=O) groups is 3. The molecule has 130 valence electrons. The second-order valence-corrected chi connectivity index (χ2v) is 5.42. The lowest BCUT2D eigenvalue weighted by atomic mass is 10.0. The van der Waals surface area contributed by atoms with Crippen molar-refractivity contribution >= 4 is 23.5 Å². The summed E-state index contributed by atoms with van der Waals surface area (Å²) in [6.07, 6.45) is 0. The first-order valence-electron chi connectivity index (χ1n) is 7.19. The molecule has 0 bridgehead atoms. The molecule has 2 atom stereocenters. The summed E-state index contributed by atoms with van der Waals surface area (Å²) in [7, 11) is 0. The minimum absolute atomic E-state index is 0.0965. The number of nitrogens with zero attached hydrogens (tertiary/aromatic N) is 1. The van der Waals surface area contributed by atoms with Gasteiger partial charge in [-0.15, -0.1) is 0 Å². The molecule has 0 radical (unpaired) electrons. The van der Waals surface area contributed by atoms with E-state index in [1.165, 1.54) is 32.0 Å². The average Bonchev–Trinajstić information content (AvgIpc) is 2.50. The van der Waals surface area contributed by atoms with E-state index >= 15 is 0 Å². The molecule has 9 nitrogen and oxygen atoms in total. The molecule has 0 saturated carbocycles. The van der Waals surface area contributed by atoms with E-state index in [0.717, 1.165) is 0 Å². The van der Waals surface area contributed by atoms with E-state index in [2.05, 4.69) is 10.6 Å². The lowest BCUT2D eigenvalue weighted by molar-refractivity contribution is -0.385. The first-order valence-corrected chi connectivity index (χ1v) is 7.19. The number of hydrogen-bond donors (Lipinski definition) is 3. The van der Waals surface area contributed by atoms with Crippen molar-refractivity contribution in [1.29, 1.82) is 0 Å². The molecule has 2 unspecified atom stereocenters. The molecule has 2 amide bonds. The van der Waals surface area contributed by atoms with E-state index in [4.69, 9.17) is 5.11 Å². The maximum absolute atomic E-state index is 12.0. The van der Waals surface area contributed by atoms with Crippen LogP contribution in [0.15, 0.2) is 18.2 Å². The van der Waals surface area contributed by atoms with Crippen LogP contribution in [-0.4, -0.2) is 40.4 Å². The van der Waals surface area contributed by atoms with Crippen molar-refractivity contribution in [3.63, 3.8) is 0 Å². The smallest absolute Gasteiger partial charge is 0.308 e. The summed E-state index contributed by atoms with van der Waals surface area (Å²) in [6, 6.07) is 3.29. The van der Waals surface area contributed by atoms with E-state index in [1.807, 2.05) is 0 Å². The highest BCUT2D eigenvalue weighted by molar-refractivity contribution is 5.97. The van der Waals surface area contributed by atoms with Crippen LogP contribution in [0.5, 0.6) is 0 Å². The number of nitrogens with one attached hydrogen (secondary N) is 2. The molecule has 1 aromatic rings. The molecule has 0 aliphatic rings. The molecular weight excluding hydrogens is 318 g/mol. The maximum atomic E-state index is 12.0. The lowest BCUT2D eigenvalue weighted by Gasteiger charge is -2.17. The minimum Gasteiger partial charge on any atom is -0.481 e. The summed E-state index contributed by atoms with van der Waals surface area (Å²) < 4.78 is 0. The van der Waals surface area contributed by atoms with Crippen LogP contribution >= 0.6 is 0 Å². The molecular formula is C15H19N3O6. The number of carbonyl (C=O) groups excluding carboxylic acids is 2. The third kappa shape index (κ3) is 5.04. The van der Waals surface area contributed by atoms with Crippen molar-refractivity contribution in [2.24, 2.45) is 5.92 Å². The zero-order valence-corrected chi connectivity index (χ0v) is 13.5. The molecule has 0 fully saturated rings. The van der Waals surface area contributed by atoms with Crippen LogP contribution < -0.4 is 10.6 Å². The highest BCUT2D eigenvalue weighted by atomic mass is 16.6. The van der Waals surface area contributed by atoms with Crippen LogP contribution in [0.1, 0.15) is 29.8 Å². The van der Waals surface area contributed by atoms with Gasteiger partial charge >= 0.3 is 5.97 Å². The Bertz CT molecular complexity index is 673. The van der Waals surface area contributed by atoms with Gasteiger partial charge in [0.05, 0.1) is 17.4 Å². The average molecular weight is 337 g/mol. The van der Waals surface area contributed by atoms with E-state index in [9.17, 15) is 24.5 Å². The summed E-state index contributed by atoms with van der Waals surface area (Å²) >= 11 is 0. The van der Waals surface area contributed by atoms with Crippen LogP contribution in [0, 0.1) is 23.0 Å². The van der Waals surface area contributed by atoms with Gasteiger partial charge in [0.2, 0.25) is 5.91 Å². The van der Waals surface area contributed by atoms with Gasteiger partial charge < -0.3 is 15.7 Å². The van der Waals surface area contributed by atoms with Crippen LogP contribution in [0.3, 0.4) is 0 Å². The Kier molecular flexibility index (Phi) is 6.39. The Balaban J connectivity index is 2.60. The third-order valence-corrected chi connectivity index (χ3v) is 3.59. The number of carboxylic acid groups (broad SMARTS) is 1. The zero-order chi connectivity index (χ0) is 18.4. The van der Waals surface area contributed by atoms with Crippen molar-refractivity contribution in [3.05, 3.63) is 39.4 Å². The topological polar surface area (TPSA) is 139 Å². The molecule has 0 aliphatic carbocycles. The fraction of sp³-hybridized carbons (Fsp3) is 0.400. The van der Waals surface area contributed by atoms with E-state index in [1.54, 1.807) is 6.92 Å². The summed E-state index contributed by atoms with van der Waals surface area (Å²) in [4.78, 5) is 44.7. The van der Waals surface area contributed by atoms with Crippen molar-refractivity contribution in [1.82, 2.24) is 10.6 Å². The highest BCUT2D eigenvalue weighted by Gasteiger charge is 2.21. The first-order chi connectivity index (χ1) is 11.1. The molecule has 1 rings (SSSR count). The molecule has 0 saturated heterocycles. The normalized spacial score (nSPS) is 12.8. The van der Waals surface area contributed by atoms with E-state index < -0.39 is 34.7 Å². The number of carboxylic acids is 1. The number of hydrogen-bond acceptors (Lipinski definition) is 5. The molecule has 0 aromatic heterocycles. The second kappa shape index (κ2) is 8.04. The Morgan fingerprint density at radius 3 is 2.42 bits per heavy atom. The SMILES string of the molecule is Cc1cc(C(=O)NCC(=O)NC(C)C(C)C(=O)O)ccc1[N+](=O)[O-]. The number of nitro groups is 1. The standard InChI is InChI=1S/C15H19N3O6/c1-8-6-11(4-5-12(8)18(23)24)14(20)16-7-13(19)17-10(3)9(2)15(21)22/h4-6,9-10H,7H2,1-3H3,(H,16,20)(H,17,19)(H,21,22). The second-order valence-electron chi connectivity index (χ2n) is 5.42. The van der Waals surface area contributed by atoms with Gasteiger partial charge in [-0.25, -0.2) is 0 Å². The number of benzene rings is 1. The van der Waals surface area contributed by atoms with Crippen LogP contribution in [0.25, 0.3) is 0 Å². The van der Waals surface area contributed by atoms with Crippen molar-refractivity contribution < 1.29 is 24.4 Å². The third-order valence-electron chi connectivity index (χ3n) is 3.59. The molecule has 0 aliphatic heterocycles. The summed E-state index contributed by atoms with van der Waals surface area (Å²) in [6.45, 7) is 4.20. The number of amides is 2. The van der Waals surface area contributed by atoms with Gasteiger partial charge in [0, 0.05) is 23.2 Å².